The third-order valence-corrected chi connectivity index (χ3v) is 2.52. The molecule has 5 heteroatoms. The van der Waals surface area contributed by atoms with Gasteiger partial charge in [-0.15, -0.1) is 13.2 Å². The highest BCUT2D eigenvalue weighted by Gasteiger charge is 2.32. The molecule has 2 aromatic carbocycles. The van der Waals surface area contributed by atoms with E-state index in [1.165, 1.54) is 12.1 Å². The molecule has 0 radical (unpaired) electrons. The smallest absolute Gasteiger partial charge is 0.405 e. The van der Waals surface area contributed by atoms with Gasteiger partial charge in [0, 0.05) is 11.3 Å². The van der Waals surface area contributed by atoms with Gasteiger partial charge in [0.2, 0.25) is 0 Å². The summed E-state index contributed by atoms with van der Waals surface area (Å²) < 4.78 is 41.1. The number of nitrogen functional groups attached to an aromatic ring is 1. The molecule has 2 nitrogen and oxygen atoms in total. The predicted octanol–water partition coefficient (Wildman–Crippen LogP) is 4.14. The average molecular weight is 267 g/mol. The van der Waals surface area contributed by atoms with Gasteiger partial charge in [-0.25, -0.2) is 0 Å². The molecule has 0 aromatic heterocycles. The second-order valence-corrected chi connectivity index (χ2v) is 4.18. The molecule has 0 spiro atoms. The molecule has 0 saturated heterocycles. The van der Waals surface area contributed by atoms with E-state index >= 15 is 0 Å². The van der Waals surface area contributed by atoms with Crippen LogP contribution in [0, 0.1) is 6.92 Å². The molecule has 2 rings (SSSR count). The number of halogens is 3. The van der Waals surface area contributed by atoms with Gasteiger partial charge in [0.05, 0.1) is 0 Å². The lowest BCUT2D eigenvalue weighted by atomic mass is 10.0. The molecule has 100 valence electrons. The van der Waals surface area contributed by atoms with Gasteiger partial charge in [-0.1, -0.05) is 24.3 Å². The Kier molecular flexibility index (Phi) is 3.38. The molecule has 0 fully saturated rings. The largest absolute Gasteiger partial charge is 0.573 e. The molecule has 19 heavy (non-hydrogen) atoms. The summed E-state index contributed by atoms with van der Waals surface area (Å²) in [6, 6.07) is 11.1. The second kappa shape index (κ2) is 4.84. The molecule has 0 atom stereocenters. The van der Waals surface area contributed by atoms with Crippen LogP contribution in [0.1, 0.15) is 5.56 Å². The zero-order valence-corrected chi connectivity index (χ0v) is 10.2. The van der Waals surface area contributed by atoms with Gasteiger partial charge in [-0.3, -0.25) is 0 Å². The Bertz CT molecular complexity index is 573. The van der Waals surface area contributed by atoms with Crippen LogP contribution in [0.5, 0.6) is 5.75 Å². The topological polar surface area (TPSA) is 35.2 Å². The molecule has 0 aliphatic heterocycles. The van der Waals surface area contributed by atoms with Gasteiger partial charge >= 0.3 is 6.36 Å². The van der Waals surface area contributed by atoms with Gasteiger partial charge in [0.15, 0.2) is 0 Å². The Balaban J connectivity index is 2.50. The summed E-state index contributed by atoms with van der Waals surface area (Å²) in [5, 5.41) is 0. The third kappa shape index (κ3) is 3.40. The maximum Gasteiger partial charge on any atom is 0.573 e. The van der Waals surface area contributed by atoms with Crippen LogP contribution in [0.2, 0.25) is 0 Å². The molecule has 0 aliphatic carbocycles. The maximum absolute atomic E-state index is 12.3. The zero-order chi connectivity index (χ0) is 14.0. The van der Waals surface area contributed by atoms with Crippen molar-refractivity contribution in [3.63, 3.8) is 0 Å². The normalized spacial score (nSPS) is 11.4. The predicted molar refractivity (Wildman–Crippen MR) is 67.7 cm³/mol. The van der Waals surface area contributed by atoms with Crippen LogP contribution in [0.4, 0.5) is 18.9 Å². The van der Waals surface area contributed by atoms with E-state index in [1.807, 2.05) is 6.92 Å². The van der Waals surface area contributed by atoms with Crippen LogP contribution in [0.25, 0.3) is 11.1 Å². The summed E-state index contributed by atoms with van der Waals surface area (Å²) in [6.45, 7) is 1.83. The monoisotopic (exact) mass is 267 g/mol. The molecule has 0 amide bonds. The summed E-state index contributed by atoms with van der Waals surface area (Å²) in [7, 11) is 0. The molecular weight excluding hydrogens is 255 g/mol. The van der Waals surface area contributed by atoms with Crippen LogP contribution in [-0.2, 0) is 0 Å². The average Bonchev–Trinajstić information content (AvgIpc) is 2.26. The number of ether oxygens (including phenoxy) is 1. The first kappa shape index (κ1) is 13.3. The minimum absolute atomic E-state index is 0.236. The van der Waals surface area contributed by atoms with Crippen molar-refractivity contribution in [1.29, 1.82) is 0 Å². The van der Waals surface area contributed by atoms with Crippen molar-refractivity contribution in [2.45, 2.75) is 13.3 Å². The van der Waals surface area contributed by atoms with E-state index in [1.54, 1.807) is 30.3 Å². The molecule has 0 saturated carbocycles. The van der Waals surface area contributed by atoms with Crippen LogP contribution < -0.4 is 10.5 Å². The van der Waals surface area contributed by atoms with E-state index in [0.717, 1.165) is 5.56 Å². The number of anilines is 1. The Morgan fingerprint density at radius 2 is 1.74 bits per heavy atom. The van der Waals surface area contributed by atoms with Crippen LogP contribution in [-0.4, -0.2) is 6.36 Å². The highest BCUT2D eigenvalue weighted by molar-refractivity contribution is 5.73. The van der Waals surface area contributed by atoms with E-state index < -0.39 is 6.36 Å². The fourth-order valence-corrected chi connectivity index (χ4v) is 1.89. The molecule has 0 unspecified atom stereocenters. The highest BCUT2D eigenvalue weighted by Crippen LogP contribution is 2.34. The van der Waals surface area contributed by atoms with Crippen molar-refractivity contribution in [2.24, 2.45) is 0 Å². The first-order valence-corrected chi connectivity index (χ1v) is 5.57. The number of hydrogen-bond acceptors (Lipinski definition) is 2. The van der Waals surface area contributed by atoms with E-state index in [4.69, 9.17) is 5.73 Å². The first-order chi connectivity index (χ1) is 8.85. The van der Waals surface area contributed by atoms with Crippen molar-refractivity contribution in [2.75, 3.05) is 5.73 Å². The number of hydrogen-bond donors (Lipinski definition) is 1. The summed E-state index contributed by atoms with van der Waals surface area (Å²) >= 11 is 0. The summed E-state index contributed by atoms with van der Waals surface area (Å²) in [5.41, 5.74) is 8.03. The summed E-state index contributed by atoms with van der Waals surface area (Å²) in [4.78, 5) is 0. The van der Waals surface area contributed by atoms with Crippen LogP contribution in [0.3, 0.4) is 0 Å². The van der Waals surface area contributed by atoms with Gasteiger partial charge in [0.1, 0.15) is 5.75 Å². The number of para-hydroxylation sites is 1. The number of nitrogens with two attached hydrogens (primary N) is 1. The molecule has 0 heterocycles. The Hall–Kier alpha value is -2.17. The number of aryl methyl sites for hydroxylation is 1. The van der Waals surface area contributed by atoms with Crippen molar-refractivity contribution in [1.82, 2.24) is 0 Å². The first-order valence-electron chi connectivity index (χ1n) is 5.57. The van der Waals surface area contributed by atoms with Crippen LogP contribution >= 0.6 is 0 Å². The number of rotatable bonds is 2. The fraction of sp³-hybridized carbons (Fsp3) is 0.143. The fourth-order valence-electron chi connectivity index (χ4n) is 1.89. The summed E-state index contributed by atoms with van der Waals surface area (Å²) in [5.74, 6) is -0.236. The molecular formula is C14H12F3NO. The van der Waals surface area contributed by atoms with Crippen molar-refractivity contribution < 1.29 is 17.9 Å². The molecule has 2 aromatic rings. The van der Waals surface area contributed by atoms with Gasteiger partial charge < -0.3 is 10.5 Å². The lowest BCUT2D eigenvalue weighted by molar-refractivity contribution is -0.274. The Labute approximate surface area is 108 Å². The van der Waals surface area contributed by atoms with Gasteiger partial charge in [0.25, 0.3) is 0 Å². The second-order valence-electron chi connectivity index (χ2n) is 4.18. The number of alkyl halides is 3. The lowest BCUT2D eigenvalue weighted by Crippen LogP contribution is -2.17. The highest BCUT2D eigenvalue weighted by atomic mass is 19.4. The third-order valence-electron chi connectivity index (χ3n) is 2.52. The standard InChI is InChI=1S/C14H12F3NO/c1-9-6-10(8-11(18)7-9)12-4-2-3-5-13(12)19-14(15,16)17/h2-8H,18H2,1H3. The van der Waals surface area contributed by atoms with E-state index in [9.17, 15) is 13.2 Å². The molecule has 0 bridgehead atoms. The quantitative estimate of drug-likeness (QED) is 0.830. The van der Waals surface area contributed by atoms with E-state index in [0.29, 0.717) is 16.8 Å². The minimum Gasteiger partial charge on any atom is -0.405 e. The maximum atomic E-state index is 12.3. The van der Waals surface area contributed by atoms with Crippen molar-refractivity contribution in [3.8, 4) is 16.9 Å². The number of benzene rings is 2. The van der Waals surface area contributed by atoms with Crippen molar-refractivity contribution in [3.05, 3.63) is 48.0 Å². The molecule has 2 N–H and O–H groups in total. The van der Waals surface area contributed by atoms with Gasteiger partial charge in [-0.05, 0) is 36.2 Å². The summed E-state index contributed by atoms with van der Waals surface area (Å²) in [6.07, 6.45) is -4.72. The minimum atomic E-state index is -4.72. The van der Waals surface area contributed by atoms with Crippen molar-refractivity contribution >= 4 is 5.69 Å². The van der Waals surface area contributed by atoms with E-state index in [2.05, 4.69) is 4.74 Å². The Morgan fingerprint density at radius 1 is 1.05 bits per heavy atom. The lowest BCUT2D eigenvalue weighted by Gasteiger charge is -2.14. The van der Waals surface area contributed by atoms with E-state index in [-0.39, 0.29) is 5.75 Å². The van der Waals surface area contributed by atoms with Gasteiger partial charge in [-0.2, -0.15) is 0 Å². The van der Waals surface area contributed by atoms with Crippen LogP contribution in [0.15, 0.2) is 42.5 Å². The Morgan fingerprint density at radius 3 is 2.37 bits per heavy atom. The SMILES string of the molecule is Cc1cc(N)cc(-c2ccccc2OC(F)(F)F)c1. The zero-order valence-electron chi connectivity index (χ0n) is 10.2. The molecule has 0 aliphatic rings.